The van der Waals surface area contributed by atoms with Crippen LogP contribution in [0, 0.1) is 11.8 Å². The molecule has 0 bridgehead atoms. The molecule has 1 heterocycles. The second-order valence-corrected chi connectivity index (χ2v) is 7.70. The second-order valence-electron chi connectivity index (χ2n) is 7.70. The molecule has 2 N–H and O–H groups in total. The van der Waals surface area contributed by atoms with Crippen LogP contribution in [0.1, 0.15) is 78.6 Å². The molecule has 0 aromatic carbocycles. The zero-order valence-corrected chi connectivity index (χ0v) is 14.0. The van der Waals surface area contributed by atoms with Crippen molar-refractivity contribution in [3.05, 3.63) is 0 Å². The average molecular weight is 281 g/mol. The molecule has 0 radical (unpaired) electrons. The summed E-state index contributed by atoms with van der Waals surface area (Å²) >= 11 is 0. The van der Waals surface area contributed by atoms with Gasteiger partial charge >= 0.3 is 0 Å². The number of nitrogens with two attached hydrogens (primary N) is 1. The summed E-state index contributed by atoms with van der Waals surface area (Å²) in [5.41, 5.74) is 6.64. The smallest absolute Gasteiger partial charge is 0.0334 e. The summed E-state index contributed by atoms with van der Waals surface area (Å²) in [5.74, 6) is 1.82. The molecule has 0 aromatic rings. The first kappa shape index (κ1) is 16.3. The molecule has 1 aliphatic carbocycles. The van der Waals surface area contributed by atoms with E-state index < -0.39 is 0 Å². The Labute approximate surface area is 126 Å². The van der Waals surface area contributed by atoms with Gasteiger partial charge in [0.1, 0.15) is 0 Å². The fourth-order valence-electron chi connectivity index (χ4n) is 4.72. The highest BCUT2D eigenvalue weighted by molar-refractivity contribution is 4.98. The molecule has 4 atom stereocenters. The topological polar surface area (TPSA) is 29.3 Å². The molecular weight excluding hydrogens is 244 g/mol. The highest BCUT2D eigenvalue weighted by Crippen LogP contribution is 2.39. The van der Waals surface area contributed by atoms with Gasteiger partial charge in [0.15, 0.2) is 0 Å². The maximum Gasteiger partial charge on any atom is 0.0334 e. The van der Waals surface area contributed by atoms with Crippen molar-refractivity contribution in [2.24, 2.45) is 17.6 Å². The number of nitrogens with zero attached hydrogens (tertiary/aromatic N) is 1. The minimum absolute atomic E-state index is 0.316. The van der Waals surface area contributed by atoms with E-state index in [-0.39, 0.29) is 0 Å². The summed E-state index contributed by atoms with van der Waals surface area (Å²) in [5, 5.41) is 0. The summed E-state index contributed by atoms with van der Waals surface area (Å²) in [6.07, 6.45) is 12.4. The molecule has 4 unspecified atom stereocenters. The Hall–Kier alpha value is -0.0800. The van der Waals surface area contributed by atoms with Crippen LogP contribution in [-0.2, 0) is 0 Å². The molecule has 0 aromatic heterocycles. The van der Waals surface area contributed by atoms with Crippen molar-refractivity contribution in [1.29, 1.82) is 0 Å². The third-order valence-electron chi connectivity index (χ3n) is 6.08. The Kier molecular flexibility index (Phi) is 5.92. The lowest BCUT2D eigenvalue weighted by molar-refractivity contribution is -0.000180. The lowest BCUT2D eigenvalue weighted by Gasteiger charge is -2.50. The minimum Gasteiger partial charge on any atom is -0.329 e. The number of hydrogen-bond acceptors (Lipinski definition) is 2. The number of likely N-dealkylation sites (tertiary alicyclic amines) is 1. The fraction of sp³-hybridized carbons (Fsp3) is 1.00. The van der Waals surface area contributed by atoms with E-state index in [9.17, 15) is 0 Å². The molecule has 2 aliphatic rings. The first-order chi connectivity index (χ1) is 9.61. The van der Waals surface area contributed by atoms with E-state index in [1.165, 1.54) is 64.3 Å². The highest BCUT2D eigenvalue weighted by Gasteiger charge is 2.41. The van der Waals surface area contributed by atoms with E-state index in [1.807, 2.05) is 0 Å². The van der Waals surface area contributed by atoms with Crippen molar-refractivity contribution < 1.29 is 0 Å². The maximum absolute atomic E-state index is 6.32. The van der Waals surface area contributed by atoms with E-state index in [1.54, 1.807) is 0 Å². The molecule has 0 amide bonds. The van der Waals surface area contributed by atoms with Crippen LogP contribution in [0.25, 0.3) is 0 Å². The number of piperidine rings is 1. The molecule has 118 valence electrons. The van der Waals surface area contributed by atoms with Gasteiger partial charge in [-0.3, -0.25) is 4.90 Å². The Balaban J connectivity index is 2.07. The van der Waals surface area contributed by atoms with E-state index in [0.29, 0.717) is 5.54 Å². The van der Waals surface area contributed by atoms with Crippen LogP contribution in [0.15, 0.2) is 0 Å². The molecule has 1 saturated carbocycles. The first-order valence-corrected chi connectivity index (χ1v) is 9.08. The Morgan fingerprint density at radius 1 is 1.10 bits per heavy atom. The molecule has 20 heavy (non-hydrogen) atoms. The van der Waals surface area contributed by atoms with Crippen molar-refractivity contribution in [3.8, 4) is 0 Å². The van der Waals surface area contributed by atoms with E-state index in [2.05, 4.69) is 25.7 Å². The van der Waals surface area contributed by atoms with Crippen molar-refractivity contribution in [2.45, 2.75) is 90.1 Å². The predicted octanol–water partition coefficient (Wildman–Crippen LogP) is 4.18. The van der Waals surface area contributed by atoms with Crippen molar-refractivity contribution >= 4 is 0 Å². The maximum atomic E-state index is 6.32. The fourth-order valence-corrected chi connectivity index (χ4v) is 4.72. The van der Waals surface area contributed by atoms with Gasteiger partial charge in [0.25, 0.3) is 0 Å². The predicted molar refractivity (Wildman–Crippen MR) is 87.8 cm³/mol. The zero-order chi connectivity index (χ0) is 14.6. The molecule has 2 rings (SSSR count). The van der Waals surface area contributed by atoms with Crippen LogP contribution in [0.2, 0.25) is 0 Å². The van der Waals surface area contributed by atoms with Crippen LogP contribution in [-0.4, -0.2) is 29.6 Å². The monoisotopic (exact) mass is 280 g/mol. The molecule has 2 nitrogen and oxygen atoms in total. The van der Waals surface area contributed by atoms with Crippen molar-refractivity contribution in [3.63, 3.8) is 0 Å². The van der Waals surface area contributed by atoms with Crippen LogP contribution in [0.4, 0.5) is 0 Å². The summed E-state index contributed by atoms with van der Waals surface area (Å²) in [6, 6.07) is 0.734. The van der Waals surface area contributed by atoms with Gasteiger partial charge in [-0.25, -0.2) is 0 Å². The lowest BCUT2D eigenvalue weighted by atomic mass is 9.82. The molecule has 0 spiro atoms. The van der Waals surface area contributed by atoms with Crippen molar-refractivity contribution in [1.82, 2.24) is 4.90 Å². The normalized spacial score (nSPS) is 40.5. The van der Waals surface area contributed by atoms with Gasteiger partial charge in [-0.05, 0) is 50.9 Å². The van der Waals surface area contributed by atoms with Crippen LogP contribution >= 0.6 is 0 Å². The number of rotatable bonds is 4. The lowest BCUT2D eigenvalue weighted by Crippen LogP contribution is -2.59. The van der Waals surface area contributed by atoms with Crippen molar-refractivity contribution in [2.75, 3.05) is 13.1 Å². The SMILES string of the molecule is CCCC1CCCC(CN)(N2CC(C)CCC2C)CC1. The molecular formula is C18H36N2. The van der Waals surface area contributed by atoms with Gasteiger partial charge in [-0.2, -0.15) is 0 Å². The highest BCUT2D eigenvalue weighted by atomic mass is 15.2. The third kappa shape index (κ3) is 3.57. The van der Waals surface area contributed by atoms with Gasteiger partial charge in [-0.15, -0.1) is 0 Å². The zero-order valence-electron chi connectivity index (χ0n) is 14.0. The van der Waals surface area contributed by atoms with Crippen LogP contribution in [0.5, 0.6) is 0 Å². The second kappa shape index (κ2) is 7.26. The van der Waals surface area contributed by atoms with Crippen LogP contribution in [0.3, 0.4) is 0 Å². The molecule has 1 aliphatic heterocycles. The van der Waals surface area contributed by atoms with Gasteiger partial charge in [0.05, 0.1) is 0 Å². The van der Waals surface area contributed by atoms with E-state index in [4.69, 9.17) is 5.73 Å². The quantitative estimate of drug-likeness (QED) is 0.783. The summed E-state index contributed by atoms with van der Waals surface area (Å²) in [4.78, 5) is 2.81. The molecule has 2 heteroatoms. The Morgan fingerprint density at radius 3 is 2.60 bits per heavy atom. The third-order valence-corrected chi connectivity index (χ3v) is 6.08. The summed E-state index contributed by atoms with van der Waals surface area (Å²) in [7, 11) is 0. The number of hydrogen-bond donors (Lipinski definition) is 1. The largest absolute Gasteiger partial charge is 0.329 e. The Bertz CT molecular complexity index is 291. The van der Waals surface area contributed by atoms with Gasteiger partial charge in [0.2, 0.25) is 0 Å². The molecule has 2 fully saturated rings. The first-order valence-electron chi connectivity index (χ1n) is 9.08. The van der Waals surface area contributed by atoms with Crippen LogP contribution < -0.4 is 5.73 Å². The van der Waals surface area contributed by atoms with Gasteiger partial charge in [-0.1, -0.05) is 39.5 Å². The summed E-state index contributed by atoms with van der Waals surface area (Å²) < 4.78 is 0. The van der Waals surface area contributed by atoms with Gasteiger partial charge < -0.3 is 5.73 Å². The molecule has 1 saturated heterocycles. The van der Waals surface area contributed by atoms with Gasteiger partial charge in [0, 0.05) is 24.7 Å². The standard InChI is InChI=1S/C18H36N2/c1-4-6-17-7-5-11-18(14-19,12-10-17)20-13-15(2)8-9-16(20)3/h15-17H,4-14,19H2,1-3H3. The van der Waals surface area contributed by atoms with E-state index in [0.717, 1.165) is 24.4 Å². The Morgan fingerprint density at radius 2 is 1.90 bits per heavy atom. The summed E-state index contributed by atoms with van der Waals surface area (Å²) in [6.45, 7) is 9.31. The average Bonchev–Trinajstić information content (AvgIpc) is 2.65. The van der Waals surface area contributed by atoms with E-state index >= 15 is 0 Å². The minimum atomic E-state index is 0.316.